The molecule has 0 radical (unpaired) electrons. The lowest BCUT2D eigenvalue weighted by molar-refractivity contribution is 0.0255. The molecule has 7 nitrogen and oxygen atoms in total. The number of aromatic hydroxyl groups is 1. The Morgan fingerprint density at radius 1 is 1.24 bits per heavy atom. The zero-order valence-electron chi connectivity index (χ0n) is 16.8. The van der Waals surface area contributed by atoms with Crippen molar-refractivity contribution in [1.29, 1.82) is 0 Å². The first-order valence-corrected chi connectivity index (χ1v) is 10.2. The largest absolute Gasteiger partial charge is 0.507 e. The summed E-state index contributed by atoms with van der Waals surface area (Å²) in [6, 6.07) is 6.00. The quantitative estimate of drug-likeness (QED) is 0.773. The number of terminal acetylenes is 1. The van der Waals surface area contributed by atoms with Gasteiger partial charge in [0.15, 0.2) is 0 Å². The number of likely N-dealkylation sites (tertiary alicyclic amines) is 1. The molecule has 2 aliphatic heterocycles. The average molecular weight is 393 g/mol. The summed E-state index contributed by atoms with van der Waals surface area (Å²) >= 11 is 0. The third kappa shape index (κ3) is 4.50. The van der Waals surface area contributed by atoms with Crippen LogP contribution < -0.4 is 5.32 Å². The van der Waals surface area contributed by atoms with E-state index in [2.05, 4.69) is 31.3 Å². The average Bonchev–Trinajstić information content (AvgIpc) is 2.75. The third-order valence-electron chi connectivity index (χ3n) is 5.77. The van der Waals surface area contributed by atoms with Crippen LogP contribution in [0.25, 0.3) is 11.3 Å². The summed E-state index contributed by atoms with van der Waals surface area (Å²) in [7, 11) is 0. The van der Waals surface area contributed by atoms with Gasteiger partial charge in [-0.3, -0.25) is 4.90 Å². The highest BCUT2D eigenvalue weighted by Crippen LogP contribution is 2.30. The Kier molecular flexibility index (Phi) is 5.93. The maximum atomic E-state index is 10.3. The first-order chi connectivity index (χ1) is 14.1. The van der Waals surface area contributed by atoms with Gasteiger partial charge in [-0.25, -0.2) is 4.98 Å². The number of phenolic OH excluding ortho intramolecular Hbond substituents is 1. The van der Waals surface area contributed by atoms with E-state index < -0.39 is 0 Å². The zero-order chi connectivity index (χ0) is 20.2. The molecular formula is C22H27N5O2. The van der Waals surface area contributed by atoms with Gasteiger partial charge in [-0.2, -0.15) is 0 Å². The molecule has 2 N–H and O–H groups in total. The SMILES string of the molecule is C#Cc1ccc(-c2nnc(N[C@@H]3CCCN(C4CCOCC4)C3)nc2C)c(O)c1. The summed E-state index contributed by atoms with van der Waals surface area (Å²) in [5, 5.41) is 22.3. The Balaban J connectivity index is 1.45. The van der Waals surface area contributed by atoms with Gasteiger partial charge in [0.05, 0.1) is 5.69 Å². The molecule has 0 aliphatic carbocycles. The van der Waals surface area contributed by atoms with Crippen molar-refractivity contribution in [2.75, 3.05) is 31.6 Å². The van der Waals surface area contributed by atoms with Crippen molar-refractivity contribution in [1.82, 2.24) is 20.1 Å². The Morgan fingerprint density at radius 2 is 2.07 bits per heavy atom. The summed E-state index contributed by atoms with van der Waals surface area (Å²) in [6.07, 6.45) is 9.86. The Labute approximate surface area is 171 Å². The number of nitrogens with zero attached hydrogens (tertiary/aromatic N) is 4. The van der Waals surface area contributed by atoms with Gasteiger partial charge in [0.1, 0.15) is 11.4 Å². The van der Waals surface area contributed by atoms with Crippen molar-refractivity contribution in [3.8, 4) is 29.4 Å². The maximum absolute atomic E-state index is 10.3. The number of rotatable bonds is 4. The lowest BCUT2D eigenvalue weighted by Gasteiger charge is -2.40. The van der Waals surface area contributed by atoms with Crippen LogP contribution in [0.3, 0.4) is 0 Å². The molecule has 152 valence electrons. The Bertz CT molecular complexity index is 905. The van der Waals surface area contributed by atoms with Gasteiger partial charge in [-0.05, 0) is 57.4 Å². The van der Waals surface area contributed by atoms with Gasteiger partial charge in [-0.15, -0.1) is 16.6 Å². The molecule has 0 bridgehead atoms. The molecule has 3 heterocycles. The van der Waals surface area contributed by atoms with Crippen molar-refractivity contribution < 1.29 is 9.84 Å². The molecule has 2 saturated heterocycles. The Morgan fingerprint density at radius 3 is 2.79 bits per heavy atom. The number of anilines is 1. The predicted molar refractivity (Wildman–Crippen MR) is 112 cm³/mol. The fraction of sp³-hybridized carbons (Fsp3) is 0.500. The number of aromatic nitrogens is 3. The van der Waals surface area contributed by atoms with E-state index >= 15 is 0 Å². The topological polar surface area (TPSA) is 83.4 Å². The lowest BCUT2D eigenvalue weighted by atomic mass is 10.00. The second kappa shape index (κ2) is 8.76. The van der Waals surface area contributed by atoms with E-state index in [0.717, 1.165) is 52.0 Å². The standard InChI is InChI=1S/C22H27N5O2/c1-3-16-6-7-19(20(28)13-16)21-15(2)23-22(26-25-21)24-17-5-4-10-27(14-17)18-8-11-29-12-9-18/h1,6-7,13,17-18,28H,4-5,8-12,14H2,2H3,(H,23,24,26)/t17-/m1/s1. The van der Waals surface area contributed by atoms with E-state index in [1.165, 1.54) is 0 Å². The fourth-order valence-electron chi connectivity index (χ4n) is 4.22. The highest BCUT2D eigenvalue weighted by atomic mass is 16.5. The summed E-state index contributed by atoms with van der Waals surface area (Å²) < 4.78 is 5.50. The molecule has 1 aromatic carbocycles. The minimum absolute atomic E-state index is 0.0831. The molecule has 1 aromatic heterocycles. The molecular weight excluding hydrogens is 366 g/mol. The number of aryl methyl sites for hydroxylation is 1. The molecule has 7 heteroatoms. The summed E-state index contributed by atoms with van der Waals surface area (Å²) in [5.41, 5.74) is 2.47. The number of hydrogen-bond donors (Lipinski definition) is 2. The van der Waals surface area contributed by atoms with Crippen molar-refractivity contribution >= 4 is 5.95 Å². The molecule has 2 fully saturated rings. The van der Waals surface area contributed by atoms with Crippen LogP contribution in [0.1, 0.15) is 36.9 Å². The summed E-state index contributed by atoms with van der Waals surface area (Å²) in [6.45, 7) is 5.74. The number of ether oxygens (including phenoxy) is 1. The highest BCUT2D eigenvalue weighted by Gasteiger charge is 2.27. The van der Waals surface area contributed by atoms with Crippen molar-refractivity contribution in [2.24, 2.45) is 0 Å². The number of benzene rings is 1. The van der Waals surface area contributed by atoms with Gasteiger partial charge in [0.25, 0.3) is 0 Å². The second-order valence-electron chi connectivity index (χ2n) is 7.77. The summed E-state index contributed by atoms with van der Waals surface area (Å²) in [5.74, 6) is 3.13. The maximum Gasteiger partial charge on any atom is 0.243 e. The second-order valence-corrected chi connectivity index (χ2v) is 7.77. The van der Waals surface area contributed by atoms with Crippen LogP contribution >= 0.6 is 0 Å². The smallest absolute Gasteiger partial charge is 0.243 e. The van der Waals surface area contributed by atoms with Crippen LogP contribution in [-0.4, -0.2) is 63.6 Å². The first-order valence-electron chi connectivity index (χ1n) is 10.2. The van der Waals surface area contributed by atoms with E-state index in [1.54, 1.807) is 18.2 Å². The molecule has 2 aromatic rings. The fourth-order valence-corrected chi connectivity index (χ4v) is 4.22. The molecule has 29 heavy (non-hydrogen) atoms. The minimum Gasteiger partial charge on any atom is -0.507 e. The van der Waals surface area contributed by atoms with Crippen LogP contribution in [0.15, 0.2) is 18.2 Å². The van der Waals surface area contributed by atoms with Crippen molar-refractivity contribution in [3.63, 3.8) is 0 Å². The van der Waals surface area contributed by atoms with Gasteiger partial charge < -0.3 is 15.2 Å². The van der Waals surface area contributed by atoms with Crippen LogP contribution in [0.5, 0.6) is 5.75 Å². The molecule has 0 spiro atoms. The van der Waals surface area contributed by atoms with E-state index in [1.807, 2.05) is 6.92 Å². The van der Waals surface area contributed by atoms with Gasteiger partial charge in [-0.1, -0.05) is 5.92 Å². The third-order valence-corrected chi connectivity index (χ3v) is 5.77. The molecule has 2 aliphatic rings. The van der Waals surface area contributed by atoms with Crippen molar-refractivity contribution in [2.45, 2.75) is 44.7 Å². The van der Waals surface area contributed by atoms with E-state index in [4.69, 9.17) is 11.2 Å². The molecule has 0 unspecified atom stereocenters. The number of piperidine rings is 1. The van der Waals surface area contributed by atoms with Gasteiger partial charge >= 0.3 is 0 Å². The monoisotopic (exact) mass is 393 g/mol. The van der Waals surface area contributed by atoms with Gasteiger partial charge in [0, 0.05) is 43.0 Å². The van der Waals surface area contributed by atoms with E-state index in [0.29, 0.717) is 40.5 Å². The number of phenols is 1. The van der Waals surface area contributed by atoms with E-state index in [-0.39, 0.29) is 5.75 Å². The lowest BCUT2D eigenvalue weighted by Crippen LogP contribution is -2.49. The minimum atomic E-state index is 0.0831. The summed E-state index contributed by atoms with van der Waals surface area (Å²) in [4.78, 5) is 7.16. The number of nitrogens with one attached hydrogen (secondary N) is 1. The zero-order valence-corrected chi connectivity index (χ0v) is 16.8. The molecule has 0 amide bonds. The highest BCUT2D eigenvalue weighted by molar-refractivity contribution is 5.69. The van der Waals surface area contributed by atoms with Crippen molar-refractivity contribution in [3.05, 3.63) is 29.5 Å². The molecule has 1 atom stereocenters. The predicted octanol–water partition coefficient (Wildman–Crippen LogP) is 2.59. The molecule has 4 rings (SSSR count). The Hall–Kier alpha value is -2.69. The number of hydrogen-bond acceptors (Lipinski definition) is 7. The first kappa shape index (κ1) is 19.6. The normalized spacial score (nSPS) is 20.9. The van der Waals surface area contributed by atoms with Crippen LogP contribution in [0.4, 0.5) is 5.95 Å². The van der Waals surface area contributed by atoms with Crippen LogP contribution in [-0.2, 0) is 4.74 Å². The van der Waals surface area contributed by atoms with Gasteiger partial charge in [0.2, 0.25) is 5.95 Å². The molecule has 0 saturated carbocycles. The van der Waals surface area contributed by atoms with Crippen LogP contribution in [0, 0.1) is 19.3 Å². The van der Waals surface area contributed by atoms with E-state index in [9.17, 15) is 5.11 Å². The van der Waals surface area contributed by atoms with Crippen LogP contribution in [0.2, 0.25) is 0 Å².